The summed E-state index contributed by atoms with van der Waals surface area (Å²) >= 11 is 1.75. The standard InChI is InChI=1S/C13H14N2S/c1-2-4-12-10(3-1)5-6-11(15-12)9-13-14-7-8-16-13/h1-4,7-8,11,15H,5-6,9H2. The molecule has 0 spiro atoms. The van der Waals surface area contributed by atoms with Crippen LogP contribution in [0, 0.1) is 0 Å². The summed E-state index contributed by atoms with van der Waals surface area (Å²) in [5.74, 6) is 0. The van der Waals surface area contributed by atoms with E-state index in [4.69, 9.17) is 0 Å². The second-order valence-electron chi connectivity index (χ2n) is 4.17. The highest BCUT2D eigenvalue weighted by Crippen LogP contribution is 2.25. The van der Waals surface area contributed by atoms with E-state index in [1.165, 1.54) is 29.1 Å². The molecule has 1 unspecified atom stereocenters. The van der Waals surface area contributed by atoms with Crippen LogP contribution in [0.4, 0.5) is 5.69 Å². The van der Waals surface area contributed by atoms with Crippen LogP contribution in [0.15, 0.2) is 35.8 Å². The predicted octanol–water partition coefficient (Wildman–Crippen LogP) is 3.11. The van der Waals surface area contributed by atoms with E-state index in [1.54, 1.807) is 11.3 Å². The number of fused-ring (bicyclic) bond motifs is 1. The quantitative estimate of drug-likeness (QED) is 0.857. The van der Waals surface area contributed by atoms with Crippen molar-refractivity contribution in [1.82, 2.24) is 4.98 Å². The predicted molar refractivity (Wildman–Crippen MR) is 68.0 cm³/mol. The molecule has 0 fully saturated rings. The summed E-state index contributed by atoms with van der Waals surface area (Å²) in [6.45, 7) is 0. The molecule has 0 saturated heterocycles. The highest BCUT2D eigenvalue weighted by Gasteiger charge is 2.17. The molecule has 0 bridgehead atoms. The van der Waals surface area contributed by atoms with Crippen molar-refractivity contribution in [3.8, 4) is 0 Å². The van der Waals surface area contributed by atoms with Gasteiger partial charge < -0.3 is 5.32 Å². The zero-order valence-electron chi connectivity index (χ0n) is 9.02. The van der Waals surface area contributed by atoms with Crippen LogP contribution in [0.25, 0.3) is 0 Å². The number of aryl methyl sites for hydroxylation is 1. The highest BCUT2D eigenvalue weighted by molar-refractivity contribution is 7.09. The maximum Gasteiger partial charge on any atom is 0.0945 e. The first-order valence-corrected chi connectivity index (χ1v) is 6.52. The number of benzene rings is 1. The number of para-hydroxylation sites is 1. The number of rotatable bonds is 2. The van der Waals surface area contributed by atoms with E-state index in [0.29, 0.717) is 6.04 Å². The molecule has 2 heterocycles. The van der Waals surface area contributed by atoms with E-state index < -0.39 is 0 Å². The fourth-order valence-electron chi connectivity index (χ4n) is 2.22. The largest absolute Gasteiger partial charge is 0.382 e. The second kappa shape index (κ2) is 4.26. The number of nitrogens with one attached hydrogen (secondary N) is 1. The van der Waals surface area contributed by atoms with Gasteiger partial charge >= 0.3 is 0 Å². The van der Waals surface area contributed by atoms with E-state index in [0.717, 1.165) is 6.42 Å². The fourth-order valence-corrected chi connectivity index (χ4v) is 2.92. The molecule has 3 heteroatoms. The Morgan fingerprint density at radius 2 is 2.31 bits per heavy atom. The van der Waals surface area contributed by atoms with Gasteiger partial charge in [-0.05, 0) is 24.5 Å². The van der Waals surface area contributed by atoms with Crippen molar-refractivity contribution in [2.75, 3.05) is 5.32 Å². The molecule has 16 heavy (non-hydrogen) atoms. The lowest BCUT2D eigenvalue weighted by molar-refractivity contribution is 0.626. The monoisotopic (exact) mass is 230 g/mol. The van der Waals surface area contributed by atoms with Gasteiger partial charge in [-0.3, -0.25) is 0 Å². The minimum Gasteiger partial charge on any atom is -0.382 e. The molecule has 1 atom stereocenters. The third-order valence-electron chi connectivity index (χ3n) is 3.04. The van der Waals surface area contributed by atoms with Crippen molar-refractivity contribution in [3.63, 3.8) is 0 Å². The van der Waals surface area contributed by atoms with Crippen LogP contribution in [0.1, 0.15) is 17.0 Å². The molecule has 1 aliphatic heterocycles. The maximum atomic E-state index is 4.34. The third-order valence-corrected chi connectivity index (χ3v) is 3.85. The molecule has 1 aromatic heterocycles. The zero-order chi connectivity index (χ0) is 10.8. The Kier molecular flexibility index (Phi) is 2.62. The number of aromatic nitrogens is 1. The highest BCUT2D eigenvalue weighted by atomic mass is 32.1. The van der Waals surface area contributed by atoms with Crippen molar-refractivity contribution in [3.05, 3.63) is 46.4 Å². The summed E-state index contributed by atoms with van der Waals surface area (Å²) in [5, 5.41) is 6.88. The average Bonchev–Trinajstić information content (AvgIpc) is 2.82. The van der Waals surface area contributed by atoms with E-state index >= 15 is 0 Å². The number of hydrogen-bond donors (Lipinski definition) is 1. The lowest BCUT2D eigenvalue weighted by Gasteiger charge is -2.26. The van der Waals surface area contributed by atoms with E-state index in [2.05, 4.69) is 34.6 Å². The van der Waals surface area contributed by atoms with Gasteiger partial charge in [0.25, 0.3) is 0 Å². The third kappa shape index (κ3) is 1.95. The number of nitrogens with zero attached hydrogens (tertiary/aromatic N) is 1. The normalized spacial score (nSPS) is 18.9. The number of thiazole rings is 1. The Hall–Kier alpha value is -1.35. The molecule has 3 rings (SSSR count). The molecule has 0 amide bonds. The molecule has 2 nitrogen and oxygen atoms in total. The Morgan fingerprint density at radius 3 is 3.19 bits per heavy atom. The summed E-state index contributed by atoms with van der Waals surface area (Å²) < 4.78 is 0. The van der Waals surface area contributed by atoms with Gasteiger partial charge in [0.1, 0.15) is 0 Å². The Labute approximate surface area is 99.4 Å². The number of hydrogen-bond acceptors (Lipinski definition) is 3. The van der Waals surface area contributed by atoms with Crippen molar-refractivity contribution in [2.45, 2.75) is 25.3 Å². The van der Waals surface area contributed by atoms with Crippen LogP contribution in [0.3, 0.4) is 0 Å². The summed E-state index contributed by atoms with van der Waals surface area (Å²) in [7, 11) is 0. The smallest absolute Gasteiger partial charge is 0.0945 e. The van der Waals surface area contributed by atoms with Gasteiger partial charge in [0.05, 0.1) is 5.01 Å². The first kappa shape index (κ1) is 9.85. The SMILES string of the molecule is c1ccc2c(c1)CCC(Cc1nccs1)N2. The molecule has 0 saturated carbocycles. The molecular weight excluding hydrogens is 216 g/mol. The van der Waals surface area contributed by atoms with Crippen molar-refractivity contribution >= 4 is 17.0 Å². The fraction of sp³-hybridized carbons (Fsp3) is 0.308. The van der Waals surface area contributed by atoms with Crippen molar-refractivity contribution < 1.29 is 0 Å². The van der Waals surface area contributed by atoms with Crippen LogP contribution in [-0.4, -0.2) is 11.0 Å². The van der Waals surface area contributed by atoms with Crippen LogP contribution >= 0.6 is 11.3 Å². The molecule has 82 valence electrons. The Balaban J connectivity index is 1.73. The lowest BCUT2D eigenvalue weighted by atomic mass is 9.96. The van der Waals surface area contributed by atoms with Crippen molar-refractivity contribution in [2.24, 2.45) is 0 Å². The van der Waals surface area contributed by atoms with Crippen LogP contribution in [0.2, 0.25) is 0 Å². The average molecular weight is 230 g/mol. The van der Waals surface area contributed by atoms with E-state index in [-0.39, 0.29) is 0 Å². The van der Waals surface area contributed by atoms with Gasteiger partial charge in [-0.25, -0.2) is 4.98 Å². The van der Waals surface area contributed by atoms with Gasteiger partial charge in [-0.1, -0.05) is 18.2 Å². The topological polar surface area (TPSA) is 24.9 Å². The lowest BCUT2D eigenvalue weighted by Crippen LogP contribution is -2.27. The van der Waals surface area contributed by atoms with Crippen LogP contribution in [0.5, 0.6) is 0 Å². The second-order valence-corrected chi connectivity index (χ2v) is 5.15. The molecule has 2 aromatic rings. The summed E-state index contributed by atoms with van der Waals surface area (Å²) in [4.78, 5) is 4.34. The van der Waals surface area contributed by atoms with Crippen LogP contribution < -0.4 is 5.32 Å². The Morgan fingerprint density at radius 1 is 1.38 bits per heavy atom. The summed E-state index contributed by atoms with van der Waals surface area (Å²) in [6.07, 6.45) is 5.32. The van der Waals surface area contributed by atoms with E-state index in [9.17, 15) is 0 Å². The molecule has 0 aliphatic carbocycles. The first-order valence-electron chi connectivity index (χ1n) is 5.64. The minimum absolute atomic E-state index is 0.543. The van der Waals surface area contributed by atoms with Gasteiger partial charge in [-0.2, -0.15) is 0 Å². The molecular formula is C13H14N2S. The molecule has 1 aliphatic rings. The van der Waals surface area contributed by atoms with Gasteiger partial charge in [0.15, 0.2) is 0 Å². The van der Waals surface area contributed by atoms with Crippen molar-refractivity contribution in [1.29, 1.82) is 0 Å². The molecule has 0 radical (unpaired) electrons. The van der Waals surface area contributed by atoms with Crippen LogP contribution in [-0.2, 0) is 12.8 Å². The summed E-state index contributed by atoms with van der Waals surface area (Å²) in [5.41, 5.74) is 2.74. The van der Waals surface area contributed by atoms with Gasteiger partial charge in [0.2, 0.25) is 0 Å². The maximum absolute atomic E-state index is 4.34. The first-order chi connectivity index (χ1) is 7.92. The van der Waals surface area contributed by atoms with Gasteiger partial charge in [-0.15, -0.1) is 11.3 Å². The molecule has 1 aromatic carbocycles. The summed E-state index contributed by atoms with van der Waals surface area (Å²) in [6, 6.07) is 9.13. The zero-order valence-corrected chi connectivity index (χ0v) is 9.83. The van der Waals surface area contributed by atoms with E-state index in [1.807, 2.05) is 11.6 Å². The Bertz CT molecular complexity index is 465. The minimum atomic E-state index is 0.543. The van der Waals surface area contributed by atoms with Gasteiger partial charge in [0, 0.05) is 29.7 Å². The molecule has 1 N–H and O–H groups in total. The number of anilines is 1.